The van der Waals surface area contributed by atoms with Crippen LogP contribution in [0.2, 0.25) is 0 Å². The van der Waals surface area contributed by atoms with Crippen LogP contribution in [0.4, 0.5) is 16.4 Å². The Hall–Kier alpha value is -3.00. The van der Waals surface area contributed by atoms with Crippen LogP contribution in [-0.4, -0.2) is 45.3 Å². The molecule has 2 aromatic carbocycles. The summed E-state index contributed by atoms with van der Waals surface area (Å²) in [5.74, 6) is 1.71. The molecule has 0 amide bonds. The fraction of sp³-hybridized carbons (Fsp3) is 0.300. The Morgan fingerprint density at radius 2 is 1.54 bits per heavy atom. The average molecular weight is 399 g/mol. The Kier molecular flexibility index (Phi) is 4.95. The van der Waals surface area contributed by atoms with Crippen LogP contribution in [0.5, 0.6) is 11.5 Å². The zero-order chi connectivity index (χ0) is 19.7. The van der Waals surface area contributed by atoms with Crippen molar-refractivity contribution in [1.29, 1.82) is 0 Å². The maximum absolute atomic E-state index is 10.8. The second kappa shape index (κ2) is 7.55. The van der Waals surface area contributed by atoms with E-state index in [1.54, 1.807) is 37.7 Å². The molecule has 1 aromatic heterocycles. The van der Waals surface area contributed by atoms with E-state index < -0.39 is 0 Å². The molecular formula is C20H21N3O4S. The van der Waals surface area contributed by atoms with Crippen LogP contribution in [0.15, 0.2) is 42.5 Å². The molecule has 0 unspecified atom stereocenters. The summed E-state index contributed by atoms with van der Waals surface area (Å²) in [5, 5.41) is 13.1. The number of thiophene rings is 1. The highest BCUT2D eigenvalue weighted by Crippen LogP contribution is 2.43. The van der Waals surface area contributed by atoms with Crippen molar-refractivity contribution in [2.24, 2.45) is 0 Å². The van der Waals surface area contributed by atoms with Crippen molar-refractivity contribution >= 4 is 37.8 Å². The molecule has 146 valence electrons. The summed E-state index contributed by atoms with van der Waals surface area (Å²) >= 11 is 1.71. The highest BCUT2D eigenvalue weighted by Gasteiger charge is 2.21. The summed E-state index contributed by atoms with van der Waals surface area (Å²) in [7, 11) is 3.37. The number of ether oxygens (including phenoxy) is 2. The van der Waals surface area contributed by atoms with Crippen molar-refractivity contribution in [1.82, 2.24) is 0 Å². The Morgan fingerprint density at radius 3 is 2.14 bits per heavy atom. The average Bonchev–Trinajstić information content (AvgIpc) is 3.19. The van der Waals surface area contributed by atoms with Crippen LogP contribution in [-0.2, 0) is 0 Å². The van der Waals surface area contributed by atoms with Crippen LogP contribution < -0.4 is 19.3 Å². The lowest BCUT2D eigenvalue weighted by molar-refractivity contribution is -0.384. The molecule has 0 spiro atoms. The van der Waals surface area contributed by atoms with Gasteiger partial charge in [-0.2, -0.15) is 0 Å². The quantitative estimate of drug-likeness (QED) is 0.474. The van der Waals surface area contributed by atoms with Gasteiger partial charge >= 0.3 is 0 Å². The third-order valence-corrected chi connectivity index (χ3v) is 6.26. The van der Waals surface area contributed by atoms with Gasteiger partial charge < -0.3 is 19.3 Å². The predicted molar refractivity (Wildman–Crippen MR) is 112 cm³/mol. The number of anilines is 2. The number of rotatable bonds is 5. The van der Waals surface area contributed by atoms with Gasteiger partial charge in [0.05, 0.1) is 28.8 Å². The summed E-state index contributed by atoms with van der Waals surface area (Å²) in [6, 6.07) is 12.8. The summed E-state index contributed by atoms with van der Waals surface area (Å²) < 4.78 is 12.1. The van der Waals surface area contributed by atoms with Gasteiger partial charge in [-0.1, -0.05) is 0 Å². The van der Waals surface area contributed by atoms with Gasteiger partial charge in [0.25, 0.3) is 5.69 Å². The number of non-ortho nitro benzene ring substituents is 1. The lowest BCUT2D eigenvalue weighted by Gasteiger charge is -2.36. The molecule has 0 bridgehead atoms. The van der Waals surface area contributed by atoms with Crippen LogP contribution in [0.1, 0.15) is 0 Å². The summed E-state index contributed by atoms with van der Waals surface area (Å²) in [4.78, 5) is 15.1. The number of hydrogen-bond donors (Lipinski definition) is 0. The van der Waals surface area contributed by atoms with E-state index in [4.69, 9.17) is 9.47 Å². The monoisotopic (exact) mass is 399 g/mol. The molecule has 3 aromatic rings. The molecule has 7 nitrogen and oxygen atoms in total. The lowest BCUT2D eigenvalue weighted by Crippen LogP contribution is -2.46. The van der Waals surface area contributed by atoms with E-state index in [1.807, 2.05) is 24.3 Å². The minimum Gasteiger partial charge on any atom is -0.496 e. The molecule has 1 fully saturated rings. The van der Waals surface area contributed by atoms with E-state index in [0.717, 1.165) is 53.5 Å². The van der Waals surface area contributed by atoms with Crippen molar-refractivity contribution in [3.63, 3.8) is 0 Å². The third-order valence-electron chi connectivity index (χ3n) is 5.05. The Balaban J connectivity index is 1.51. The molecule has 0 N–H and O–H groups in total. The van der Waals surface area contributed by atoms with Crippen LogP contribution >= 0.6 is 11.3 Å². The number of piperazine rings is 1. The highest BCUT2D eigenvalue weighted by molar-refractivity contribution is 7.23. The number of nitrogens with zero attached hydrogens (tertiary/aromatic N) is 3. The summed E-state index contributed by atoms with van der Waals surface area (Å²) in [6.07, 6.45) is 0. The molecule has 0 radical (unpaired) electrons. The van der Waals surface area contributed by atoms with Crippen LogP contribution in [0.3, 0.4) is 0 Å². The predicted octanol–water partition coefficient (Wildman–Crippen LogP) is 4.15. The van der Waals surface area contributed by atoms with Crippen LogP contribution in [0, 0.1) is 10.1 Å². The first-order chi connectivity index (χ1) is 13.6. The summed E-state index contributed by atoms with van der Waals surface area (Å²) in [5.41, 5.74) is 1.14. The van der Waals surface area contributed by atoms with Gasteiger partial charge in [-0.05, 0) is 30.3 Å². The van der Waals surface area contributed by atoms with Crippen molar-refractivity contribution in [3.05, 3.63) is 52.6 Å². The zero-order valence-corrected chi connectivity index (χ0v) is 16.6. The van der Waals surface area contributed by atoms with Gasteiger partial charge in [0.1, 0.15) is 11.5 Å². The number of fused-ring (bicyclic) bond motifs is 1. The molecule has 8 heteroatoms. The third kappa shape index (κ3) is 3.31. The fourth-order valence-electron chi connectivity index (χ4n) is 3.53. The Morgan fingerprint density at radius 1 is 0.929 bits per heavy atom. The highest BCUT2D eigenvalue weighted by atomic mass is 32.1. The van der Waals surface area contributed by atoms with Gasteiger partial charge in [0, 0.05) is 49.4 Å². The Labute approximate surface area is 166 Å². The molecule has 0 atom stereocenters. The lowest BCUT2D eigenvalue weighted by atomic mass is 10.2. The minimum absolute atomic E-state index is 0.121. The topological polar surface area (TPSA) is 68.1 Å². The van der Waals surface area contributed by atoms with E-state index in [2.05, 4.69) is 15.9 Å². The minimum atomic E-state index is -0.369. The number of hydrogen-bond acceptors (Lipinski definition) is 7. The number of methoxy groups -OCH3 is 2. The zero-order valence-electron chi connectivity index (χ0n) is 15.8. The smallest absolute Gasteiger partial charge is 0.269 e. The van der Waals surface area contributed by atoms with Crippen molar-refractivity contribution in [2.45, 2.75) is 0 Å². The molecule has 4 rings (SSSR count). The SMILES string of the molecule is COc1ccc(OC)c2sc(N3CCN(c4ccc([N+](=O)[O-])cc4)CC3)cc12. The van der Waals surface area contributed by atoms with Gasteiger partial charge in [-0.3, -0.25) is 10.1 Å². The van der Waals surface area contributed by atoms with Gasteiger partial charge in [0.15, 0.2) is 0 Å². The maximum Gasteiger partial charge on any atom is 0.269 e. The molecule has 1 aliphatic rings. The van der Waals surface area contributed by atoms with E-state index in [1.165, 1.54) is 5.00 Å². The second-order valence-electron chi connectivity index (χ2n) is 6.55. The van der Waals surface area contributed by atoms with Crippen molar-refractivity contribution < 1.29 is 14.4 Å². The van der Waals surface area contributed by atoms with Gasteiger partial charge in [-0.25, -0.2) is 0 Å². The van der Waals surface area contributed by atoms with E-state index in [-0.39, 0.29) is 10.6 Å². The molecule has 0 aliphatic carbocycles. The van der Waals surface area contributed by atoms with Gasteiger partial charge in [0.2, 0.25) is 0 Å². The van der Waals surface area contributed by atoms with Crippen LogP contribution in [0.25, 0.3) is 10.1 Å². The number of benzene rings is 2. The standard InChI is InChI=1S/C20H21N3O4S/c1-26-17-7-8-18(27-2)20-16(17)13-19(28-20)22-11-9-21(10-12-22)14-3-5-15(6-4-14)23(24)25/h3-8,13H,9-12H2,1-2H3. The Bertz CT molecular complexity index is 954. The van der Waals surface area contributed by atoms with E-state index in [9.17, 15) is 10.1 Å². The van der Waals surface area contributed by atoms with Gasteiger partial charge in [-0.15, -0.1) is 11.3 Å². The summed E-state index contributed by atoms with van der Waals surface area (Å²) in [6.45, 7) is 3.49. The first-order valence-corrected chi connectivity index (χ1v) is 9.81. The molecule has 28 heavy (non-hydrogen) atoms. The molecule has 1 saturated heterocycles. The first kappa shape index (κ1) is 18.4. The number of nitro benzene ring substituents is 1. The second-order valence-corrected chi connectivity index (χ2v) is 7.58. The van der Waals surface area contributed by atoms with Crippen molar-refractivity contribution in [2.75, 3.05) is 50.2 Å². The molecule has 2 heterocycles. The largest absolute Gasteiger partial charge is 0.496 e. The normalized spacial score (nSPS) is 14.4. The van der Waals surface area contributed by atoms with E-state index >= 15 is 0 Å². The first-order valence-electron chi connectivity index (χ1n) is 8.99. The molecule has 1 aliphatic heterocycles. The van der Waals surface area contributed by atoms with E-state index in [0.29, 0.717) is 0 Å². The molecular weight excluding hydrogens is 378 g/mol. The molecule has 0 saturated carbocycles. The number of nitro groups is 1. The maximum atomic E-state index is 10.8. The van der Waals surface area contributed by atoms with Crippen molar-refractivity contribution in [3.8, 4) is 11.5 Å². The fourth-order valence-corrected chi connectivity index (χ4v) is 4.74.